The number of fused-ring (bicyclic) bond motifs is 1. The van der Waals surface area contributed by atoms with Gasteiger partial charge < -0.3 is 15.0 Å². The van der Waals surface area contributed by atoms with Crippen molar-refractivity contribution in [3.63, 3.8) is 0 Å². The number of carbonyl (C=O) groups is 1. The van der Waals surface area contributed by atoms with Gasteiger partial charge in [-0.3, -0.25) is 4.79 Å². The second-order valence-electron chi connectivity index (χ2n) is 5.75. The number of aromatic nitrogens is 2. The third kappa shape index (κ3) is 3.47. The van der Waals surface area contributed by atoms with Gasteiger partial charge in [0.05, 0.1) is 25.3 Å². The van der Waals surface area contributed by atoms with Crippen molar-refractivity contribution >= 4 is 34.0 Å². The van der Waals surface area contributed by atoms with Gasteiger partial charge in [0.25, 0.3) is 5.91 Å². The molecule has 0 bridgehead atoms. The molecule has 7 heteroatoms. The average molecular weight is 354 g/mol. The number of amides is 1. The van der Waals surface area contributed by atoms with Crippen LogP contribution in [0.3, 0.4) is 0 Å². The molecule has 128 valence electrons. The number of ether oxygens (including phenoxy) is 1. The SMILES string of the molecule is O=C(NCc1cccs1)c1nc(N2CCOCC2)c2ccccc2n1. The van der Waals surface area contributed by atoms with Crippen LogP contribution >= 0.6 is 11.3 Å². The monoisotopic (exact) mass is 354 g/mol. The number of hydrogen-bond acceptors (Lipinski definition) is 6. The van der Waals surface area contributed by atoms with Crippen LogP contribution in [0.15, 0.2) is 41.8 Å². The summed E-state index contributed by atoms with van der Waals surface area (Å²) in [5.41, 5.74) is 0.778. The van der Waals surface area contributed by atoms with Gasteiger partial charge >= 0.3 is 0 Å². The number of thiophene rings is 1. The Bertz CT molecular complexity index is 876. The number of nitrogens with zero attached hydrogens (tertiary/aromatic N) is 3. The van der Waals surface area contributed by atoms with Crippen LogP contribution in [-0.4, -0.2) is 42.2 Å². The largest absolute Gasteiger partial charge is 0.378 e. The number of nitrogens with one attached hydrogen (secondary N) is 1. The highest BCUT2D eigenvalue weighted by Gasteiger charge is 2.19. The number of para-hydroxylation sites is 1. The van der Waals surface area contributed by atoms with Crippen molar-refractivity contribution in [2.75, 3.05) is 31.2 Å². The lowest BCUT2D eigenvalue weighted by molar-refractivity contribution is 0.0941. The average Bonchev–Trinajstić information content (AvgIpc) is 3.19. The lowest BCUT2D eigenvalue weighted by atomic mass is 10.2. The first-order valence-electron chi connectivity index (χ1n) is 8.21. The molecule has 0 spiro atoms. The van der Waals surface area contributed by atoms with E-state index in [0.717, 1.165) is 34.7 Å². The second kappa shape index (κ2) is 7.16. The van der Waals surface area contributed by atoms with Gasteiger partial charge in [0.15, 0.2) is 0 Å². The van der Waals surface area contributed by atoms with Gasteiger partial charge in [0, 0.05) is 23.4 Å². The molecule has 0 unspecified atom stereocenters. The fraction of sp³-hybridized carbons (Fsp3) is 0.278. The van der Waals surface area contributed by atoms with Crippen LogP contribution in [0.1, 0.15) is 15.5 Å². The number of benzene rings is 1. The zero-order chi connectivity index (χ0) is 17.1. The first-order chi connectivity index (χ1) is 12.3. The highest BCUT2D eigenvalue weighted by molar-refractivity contribution is 7.09. The van der Waals surface area contributed by atoms with Crippen LogP contribution < -0.4 is 10.2 Å². The predicted molar refractivity (Wildman–Crippen MR) is 98.1 cm³/mol. The van der Waals surface area contributed by atoms with E-state index in [-0.39, 0.29) is 11.7 Å². The lowest BCUT2D eigenvalue weighted by Crippen LogP contribution is -2.37. The van der Waals surface area contributed by atoms with E-state index in [1.54, 1.807) is 11.3 Å². The molecule has 4 rings (SSSR count). The number of hydrogen-bond donors (Lipinski definition) is 1. The van der Waals surface area contributed by atoms with Crippen molar-refractivity contribution < 1.29 is 9.53 Å². The Morgan fingerprint density at radius 3 is 2.80 bits per heavy atom. The van der Waals surface area contributed by atoms with Crippen LogP contribution in [0.25, 0.3) is 10.9 Å². The molecule has 6 nitrogen and oxygen atoms in total. The third-order valence-corrected chi connectivity index (χ3v) is 4.98. The Balaban J connectivity index is 1.65. The molecule has 0 saturated carbocycles. The smallest absolute Gasteiger partial charge is 0.289 e. The van der Waals surface area contributed by atoms with Crippen molar-refractivity contribution in [2.24, 2.45) is 0 Å². The number of carbonyl (C=O) groups excluding carboxylic acids is 1. The molecule has 3 aromatic rings. The number of rotatable bonds is 4. The summed E-state index contributed by atoms with van der Waals surface area (Å²) >= 11 is 1.61. The predicted octanol–water partition coefficient (Wildman–Crippen LogP) is 2.46. The minimum absolute atomic E-state index is 0.205. The van der Waals surface area contributed by atoms with E-state index in [0.29, 0.717) is 19.8 Å². The molecule has 1 saturated heterocycles. The van der Waals surface area contributed by atoms with E-state index in [1.165, 1.54) is 0 Å². The third-order valence-electron chi connectivity index (χ3n) is 4.10. The molecule has 2 aromatic heterocycles. The maximum atomic E-state index is 12.5. The first-order valence-corrected chi connectivity index (χ1v) is 9.09. The van der Waals surface area contributed by atoms with Crippen molar-refractivity contribution in [2.45, 2.75) is 6.54 Å². The Kier molecular flexibility index (Phi) is 4.58. The van der Waals surface area contributed by atoms with Crippen LogP contribution in [-0.2, 0) is 11.3 Å². The summed E-state index contributed by atoms with van der Waals surface area (Å²) in [5.74, 6) is 0.751. The van der Waals surface area contributed by atoms with Gasteiger partial charge in [0.2, 0.25) is 5.82 Å². The zero-order valence-electron chi connectivity index (χ0n) is 13.6. The molecule has 1 aliphatic rings. The maximum Gasteiger partial charge on any atom is 0.289 e. The summed E-state index contributed by atoms with van der Waals surface area (Å²) < 4.78 is 5.43. The maximum absolute atomic E-state index is 12.5. The van der Waals surface area contributed by atoms with Crippen molar-refractivity contribution in [3.05, 3.63) is 52.5 Å². The van der Waals surface area contributed by atoms with Gasteiger partial charge in [-0.15, -0.1) is 11.3 Å². The molecule has 25 heavy (non-hydrogen) atoms. The zero-order valence-corrected chi connectivity index (χ0v) is 14.5. The van der Waals surface area contributed by atoms with Gasteiger partial charge in [-0.2, -0.15) is 0 Å². The van der Waals surface area contributed by atoms with Crippen LogP contribution in [0, 0.1) is 0 Å². The molecule has 0 aliphatic carbocycles. The summed E-state index contributed by atoms with van der Waals surface area (Å²) in [4.78, 5) is 24.8. The molecule has 0 radical (unpaired) electrons. The molecule has 1 fully saturated rings. The Labute approximate surface area is 149 Å². The molecule has 1 aromatic carbocycles. The van der Waals surface area contributed by atoms with Gasteiger partial charge in [0.1, 0.15) is 5.82 Å². The highest BCUT2D eigenvalue weighted by Crippen LogP contribution is 2.24. The summed E-state index contributed by atoms with van der Waals surface area (Å²) in [6, 6.07) is 11.8. The standard InChI is InChI=1S/C18H18N4O2S/c23-18(19-12-13-4-3-11-25-13)16-20-15-6-2-1-5-14(15)17(21-16)22-7-9-24-10-8-22/h1-6,11H,7-10,12H2,(H,19,23). The van der Waals surface area contributed by atoms with Crippen LogP contribution in [0.4, 0.5) is 5.82 Å². The van der Waals surface area contributed by atoms with Gasteiger partial charge in [-0.05, 0) is 23.6 Å². The van der Waals surface area contributed by atoms with Crippen molar-refractivity contribution in [3.8, 4) is 0 Å². The summed E-state index contributed by atoms with van der Waals surface area (Å²) in [7, 11) is 0. The minimum Gasteiger partial charge on any atom is -0.378 e. The molecular formula is C18H18N4O2S. The first kappa shape index (κ1) is 16.0. The van der Waals surface area contributed by atoms with E-state index in [9.17, 15) is 4.79 Å². The Hall–Kier alpha value is -2.51. The Morgan fingerprint density at radius 1 is 1.16 bits per heavy atom. The lowest BCUT2D eigenvalue weighted by Gasteiger charge is -2.28. The molecule has 1 N–H and O–H groups in total. The van der Waals surface area contributed by atoms with Crippen LogP contribution in [0.2, 0.25) is 0 Å². The molecular weight excluding hydrogens is 336 g/mol. The quantitative estimate of drug-likeness (QED) is 0.779. The van der Waals surface area contributed by atoms with Crippen LogP contribution in [0.5, 0.6) is 0 Å². The molecule has 0 atom stereocenters. The fourth-order valence-corrected chi connectivity index (χ4v) is 3.48. The van der Waals surface area contributed by atoms with E-state index >= 15 is 0 Å². The fourth-order valence-electron chi connectivity index (χ4n) is 2.84. The molecule has 1 aliphatic heterocycles. The van der Waals surface area contributed by atoms with E-state index in [4.69, 9.17) is 4.74 Å². The summed E-state index contributed by atoms with van der Waals surface area (Å²) in [5, 5.41) is 5.85. The normalized spacial score (nSPS) is 14.6. The molecule has 3 heterocycles. The number of anilines is 1. The van der Waals surface area contributed by atoms with Gasteiger partial charge in [-0.25, -0.2) is 9.97 Å². The van der Waals surface area contributed by atoms with Gasteiger partial charge in [-0.1, -0.05) is 18.2 Å². The second-order valence-corrected chi connectivity index (χ2v) is 6.78. The highest BCUT2D eigenvalue weighted by atomic mass is 32.1. The minimum atomic E-state index is -0.256. The molecule has 1 amide bonds. The van der Waals surface area contributed by atoms with E-state index in [2.05, 4.69) is 20.2 Å². The summed E-state index contributed by atoms with van der Waals surface area (Å²) in [6.45, 7) is 3.34. The van der Waals surface area contributed by atoms with Crippen molar-refractivity contribution in [1.29, 1.82) is 0 Å². The van der Waals surface area contributed by atoms with Crippen molar-refractivity contribution in [1.82, 2.24) is 15.3 Å². The number of morpholine rings is 1. The van der Waals surface area contributed by atoms with E-state index < -0.39 is 0 Å². The topological polar surface area (TPSA) is 67.4 Å². The van der Waals surface area contributed by atoms with E-state index in [1.807, 2.05) is 41.8 Å². The Morgan fingerprint density at radius 2 is 2.00 bits per heavy atom. The summed E-state index contributed by atoms with van der Waals surface area (Å²) in [6.07, 6.45) is 0.